The first-order valence-electron chi connectivity index (χ1n) is 7.65. The van der Waals surface area contributed by atoms with E-state index >= 15 is 0 Å². The molecule has 1 fully saturated rings. The van der Waals surface area contributed by atoms with Crippen molar-refractivity contribution in [3.63, 3.8) is 0 Å². The second kappa shape index (κ2) is 6.13. The zero-order valence-corrected chi connectivity index (χ0v) is 13.2. The van der Waals surface area contributed by atoms with Crippen LogP contribution in [0.25, 0.3) is 11.0 Å². The molecule has 1 unspecified atom stereocenters. The van der Waals surface area contributed by atoms with Crippen LogP contribution in [0, 0.1) is 0 Å². The summed E-state index contributed by atoms with van der Waals surface area (Å²) in [6.07, 6.45) is 1.88. The average molecular weight is 287 g/mol. The summed E-state index contributed by atoms with van der Waals surface area (Å²) < 4.78 is 2.07. The van der Waals surface area contributed by atoms with Gasteiger partial charge in [-0.1, -0.05) is 6.07 Å². The van der Waals surface area contributed by atoms with Crippen molar-refractivity contribution < 1.29 is 0 Å². The van der Waals surface area contributed by atoms with Gasteiger partial charge in [0.25, 0.3) is 0 Å². The highest BCUT2D eigenvalue weighted by molar-refractivity contribution is 5.76. The van der Waals surface area contributed by atoms with Gasteiger partial charge in [0, 0.05) is 45.8 Å². The first kappa shape index (κ1) is 14.5. The van der Waals surface area contributed by atoms with Crippen LogP contribution in [0.3, 0.4) is 0 Å². The summed E-state index contributed by atoms with van der Waals surface area (Å²) in [7, 11) is 6.37. The molecule has 0 amide bonds. The van der Waals surface area contributed by atoms with E-state index < -0.39 is 0 Å². The number of benzene rings is 1. The number of hydrogen-bond acceptors (Lipinski definition) is 4. The number of piperazine rings is 1. The van der Waals surface area contributed by atoms with Gasteiger partial charge in [-0.15, -0.1) is 0 Å². The number of likely N-dealkylation sites (N-methyl/N-ethyl adjacent to an activating group) is 1. The molecule has 2 heterocycles. The highest BCUT2D eigenvalue weighted by Gasteiger charge is 2.20. The average Bonchev–Trinajstić information content (AvgIpc) is 2.86. The van der Waals surface area contributed by atoms with Gasteiger partial charge in [-0.2, -0.15) is 0 Å². The van der Waals surface area contributed by atoms with E-state index in [9.17, 15) is 0 Å². The number of hydrogen-bond donors (Lipinski definition) is 1. The Labute approximate surface area is 126 Å². The first-order chi connectivity index (χ1) is 10.1. The number of nitrogens with zero attached hydrogens (tertiary/aromatic N) is 4. The van der Waals surface area contributed by atoms with Crippen molar-refractivity contribution in [2.75, 3.05) is 46.8 Å². The quantitative estimate of drug-likeness (QED) is 0.913. The van der Waals surface area contributed by atoms with E-state index in [1.54, 1.807) is 0 Å². The summed E-state index contributed by atoms with van der Waals surface area (Å²) in [5.41, 5.74) is 3.63. The van der Waals surface area contributed by atoms with Crippen LogP contribution in [-0.4, -0.2) is 66.2 Å². The van der Waals surface area contributed by atoms with Gasteiger partial charge in [0.05, 0.1) is 17.4 Å². The fraction of sp³-hybridized carbons (Fsp3) is 0.562. The van der Waals surface area contributed by atoms with Gasteiger partial charge < -0.3 is 14.8 Å². The molecule has 3 rings (SSSR count). The molecule has 1 saturated heterocycles. The van der Waals surface area contributed by atoms with Gasteiger partial charge in [0.15, 0.2) is 0 Å². The Hall–Kier alpha value is -1.43. The third-order valence-corrected chi connectivity index (χ3v) is 4.40. The van der Waals surface area contributed by atoms with Crippen molar-refractivity contribution in [3.05, 3.63) is 30.1 Å². The highest BCUT2D eigenvalue weighted by atomic mass is 15.2. The monoisotopic (exact) mass is 287 g/mol. The van der Waals surface area contributed by atoms with Crippen molar-refractivity contribution in [2.24, 2.45) is 7.05 Å². The van der Waals surface area contributed by atoms with E-state index in [-0.39, 0.29) is 0 Å². The number of aryl methyl sites for hydroxylation is 1. The summed E-state index contributed by atoms with van der Waals surface area (Å²) in [5.74, 6) is 0. The minimum Gasteiger partial charge on any atom is -0.334 e. The molecule has 5 heteroatoms. The summed E-state index contributed by atoms with van der Waals surface area (Å²) >= 11 is 0. The van der Waals surface area contributed by atoms with E-state index in [1.165, 1.54) is 11.1 Å². The number of aromatic nitrogens is 2. The van der Waals surface area contributed by atoms with Gasteiger partial charge in [0.1, 0.15) is 0 Å². The minimum atomic E-state index is 0.412. The van der Waals surface area contributed by atoms with E-state index in [0.29, 0.717) is 6.04 Å². The molecule has 0 aliphatic carbocycles. The largest absolute Gasteiger partial charge is 0.334 e. The summed E-state index contributed by atoms with van der Waals surface area (Å²) in [6.45, 7) is 5.54. The van der Waals surface area contributed by atoms with Crippen LogP contribution in [0.2, 0.25) is 0 Å². The van der Waals surface area contributed by atoms with Gasteiger partial charge in [-0.25, -0.2) is 4.98 Å². The Balaban J connectivity index is 1.84. The molecule has 5 nitrogen and oxygen atoms in total. The molecule has 0 bridgehead atoms. The summed E-state index contributed by atoms with van der Waals surface area (Å²) in [4.78, 5) is 9.35. The summed E-state index contributed by atoms with van der Waals surface area (Å²) in [5, 5.41) is 3.42. The Morgan fingerprint density at radius 1 is 1.29 bits per heavy atom. The predicted octanol–water partition coefficient (Wildman–Crippen LogP) is 1.08. The maximum absolute atomic E-state index is 4.49. The van der Waals surface area contributed by atoms with Crippen LogP contribution in [0.4, 0.5) is 0 Å². The lowest BCUT2D eigenvalue weighted by atomic mass is 10.0. The van der Waals surface area contributed by atoms with Crippen molar-refractivity contribution in [1.82, 2.24) is 24.7 Å². The van der Waals surface area contributed by atoms with Crippen LogP contribution in [0.15, 0.2) is 24.5 Å². The van der Waals surface area contributed by atoms with Crippen LogP contribution >= 0.6 is 0 Å². The molecule has 1 aromatic heterocycles. The van der Waals surface area contributed by atoms with Gasteiger partial charge >= 0.3 is 0 Å². The minimum absolute atomic E-state index is 0.412. The molecule has 0 radical (unpaired) electrons. The second-order valence-corrected chi connectivity index (χ2v) is 6.13. The van der Waals surface area contributed by atoms with Crippen molar-refractivity contribution in [2.45, 2.75) is 6.04 Å². The first-order valence-corrected chi connectivity index (χ1v) is 7.65. The molecule has 1 aliphatic rings. The molecule has 114 valence electrons. The number of fused-ring (bicyclic) bond motifs is 1. The van der Waals surface area contributed by atoms with Gasteiger partial charge in [-0.05, 0) is 31.8 Å². The fourth-order valence-corrected chi connectivity index (χ4v) is 3.07. The van der Waals surface area contributed by atoms with Crippen LogP contribution in [0.5, 0.6) is 0 Å². The molecule has 1 atom stereocenters. The molecular formula is C16H25N5. The normalized spacial score (nSPS) is 18.5. The van der Waals surface area contributed by atoms with Crippen molar-refractivity contribution in [1.29, 1.82) is 0 Å². The Morgan fingerprint density at radius 3 is 2.76 bits per heavy atom. The highest BCUT2D eigenvalue weighted by Crippen LogP contribution is 2.23. The van der Waals surface area contributed by atoms with E-state index in [0.717, 1.165) is 38.2 Å². The van der Waals surface area contributed by atoms with E-state index in [4.69, 9.17) is 0 Å². The SMILES string of the molecule is CN(C)C(CN1CCNCC1)c1ccc2c(c1)ncn2C. The maximum atomic E-state index is 4.49. The van der Waals surface area contributed by atoms with Crippen molar-refractivity contribution >= 4 is 11.0 Å². The third kappa shape index (κ3) is 3.10. The molecule has 21 heavy (non-hydrogen) atoms. The molecule has 2 aromatic rings. The number of nitrogens with one attached hydrogen (secondary N) is 1. The lowest BCUT2D eigenvalue weighted by Crippen LogP contribution is -2.46. The lowest BCUT2D eigenvalue weighted by molar-refractivity contribution is 0.168. The van der Waals surface area contributed by atoms with Gasteiger partial charge in [0.2, 0.25) is 0 Å². The Bertz CT molecular complexity index is 598. The van der Waals surface area contributed by atoms with E-state index in [1.807, 2.05) is 13.4 Å². The van der Waals surface area contributed by atoms with Gasteiger partial charge in [-0.3, -0.25) is 4.90 Å². The number of imidazole rings is 1. The second-order valence-electron chi connectivity index (χ2n) is 6.13. The van der Waals surface area contributed by atoms with Crippen LogP contribution < -0.4 is 5.32 Å². The molecular weight excluding hydrogens is 262 g/mol. The lowest BCUT2D eigenvalue weighted by Gasteiger charge is -2.34. The number of rotatable bonds is 4. The molecule has 1 N–H and O–H groups in total. The fourth-order valence-electron chi connectivity index (χ4n) is 3.07. The van der Waals surface area contributed by atoms with Crippen molar-refractivity contribution in [3.8, 4) is 0 Å². The zero-order chi connectivity index (χ0) is 14.8. The Morgan fingerprint density at radius 2 is 2.05 bits per heavy atom. The smallest absolute Gasteiger partial charge is 0.0955 e. The summed E-state index contributed by atoms with van der Waals surface area (Å²) in [6, 6.07) is 7.08. The van der Waals surface area contributed by atoms with Crippen LogP contribution in [-0.2, 0) is 7.05 Å². The Kier molecular flexibility index (Phi) is 4.24. The zero-order valence-electron chi connectivity index (χ0n) is 13.2. The van der Waals surface area contributed by atoms with E-state index in [2.05, 4.69) is 57.0 Å². The molecule has 0 saturated carbocycles. The third-order valence-electron chi connectivity index (χ3n) is 4.40. The predicted molar refractivity (Wildman–Crippen MR) is 86.5 cm³/mol. The topological polar surface area (TPSA) is 36.3 Å². The standard InChI is InChI=1S/C16H25N5/c1-19(2)16(11-21-8-6-17-7-9-21)13-4-5-15-14(10-13)18-12-20(15)3/h4-5,10,12,16-17H,6-9,11H2,1-3H3. The van der Waals surface area contributed by atoms with Crippen LogP contribution in [0.1, 0.15) is 11.6 Å². The molecule has 1 aliphatic heterocycles. The molecule has 0 spiro atoms. The molecule has 1 aromatic carbocycles. The maximum Gasteiger partial charge on any atom is 0.0955 e.